The summed E-state index contributed by atoms with van der Waals surface area (Å²) in [4.78, 5) is 4.29. The van der Waals surface area contributed by atoms with E-state index in [0.717, 1.165) is 29.9 Å². The van der Waals surface area contributed by atoms with Crippen LogP contribution in [0.25, 0.3) is 0 Å². The second-order valence-electron chi connectivity index (χ2n) is 7.73. The maximum atomic E-state index is 12.7. The number of ether oxygens (including phenoxy) is 4. The van der Waals surface area contributed by atoms with Crippen molar-refractivity contribution in [2.45, 2.75) is 31.4 Å². The van der Waals surface area contributed by atoms with E-state index in [4.69, 9.17) is 14.2 Å². The van der Waals surface area contributed by atoms with Crippen molar-refractivity contribution >= 4 is 5.96 Å². The highest BCUT2D eigenvalue weighted by molar-refractivity contribution is 5.79. The molecule has 2 heterocycles. The molecule has 32 heavy (non-hydrogen) atoms. The molecule has 0 spiro atoms. The third-order valence-corrected chi connectivity index (χ3v) is 5.89. The Balaban J connectivity index is 1.44. The van der Waals surface area contributed by atoms with E-state index < -0.39 is 6.61 Å². The van der Waals surface area contributed by atoms with Crippen LogP contribution in [0, 0.1) is 0 Å². The molecule has 1 saturated heterocycles. The van der Waals surface area contributed by atoms with Gasteiger partial charge >= 0.3 is 6.61 Å². The number of para-hydroxylation sites is 1. The Morgan fingerprint density at radius 2 is 1.88 bits per heavy atom. The molecule has 2 aliphatic rings. The van der Waals surface area contributed by atoms with Gasteiger partial charge in [-0.1, -0.05) is 24.3 Å². The second-order valence-corrected chi connectivity index (χ2v) is 7.73. The first-order valence-corrected chi connectivity index (χ1v) is 10.5. The van der Waals surface area contributed by atoms with Crippen molar-refractivity contribution in [2.75, 3.05) is 33.6 Å². The van der Waals surface area contributed by atoms with Crippen LogP contribution < -0.4 is 24.8 Å². The van der Waals surface area contributed by atoms with Crippen LogP contribution in [0.4, 0.5) is 8.78 Å². The van der Waals surface area contributed by atoms with E-state index in [1.807, 2.05) is 12.1 Å². The molecule has 172 valence electrons. The molecule has 0 amide bonds. The van der Waals surface area contributed by atoms with Gasteiger partial charge in [0.25, 0.3) is 0 Å². The fourth-order valence-electron chi connectivity index (χ4n) is 4.07. The molecule has 4 rings (SSSR count). The van der Waals surface area contributed by atoms with Gasteiger partial charge in [-0.05, 0) is 36.6 Å². The SMILES string of the molecule is CN=C(NCc1ccccc1OC(F)F)NCC1(c2ccc3c(c2)OCO3)CCOCC1. The second kappa shape index (κ2) is 10.0. The molecule has 7 nitrogen and oxygen atoms in total. The van der Waals surface area contributed by atoms with E-state index in [2.05, 4.69) is 26.4 Å². The molecular weight excluding hydrogens is 420 g/mol. The van der Waals surface area contributed by atoms with Crippen molar-refractivity contribution < 1.29 is 27.7 Å². The van der Waals surface area contributed by atoms with Crippen molar-refractivity contribution in [3.63, 3.8) is 0 Å². The highest BCUT2D eigenvalue weighted by atomic mass is 19.3. The minimum absolute atomic E-state index is 0.145. The Morgan fingerprint density at radius 3 is 2.66 bits per heavy atom. The number of fused-ring (bicyclic) bond motifs is 1. The number of hydrogen-bond donors (Lipinski definition) is 2. The predicted octanol–water partition coefficient (Wildman–Crippen LogP) is 3.43. The average molecular weight is 447 g/mol. The summed E-state index contributed by atoms with van der Waals surface area (Å²) in [6.07, 6.45) is 1.70. The molecule has 9 heteroatoms. The summed E-state index contributed by atoms with van der Waals surface area (Å²) in [5, 5.41) is 6.59. The summed E-state index contributed by atoms with van der Waals surface area (Å²) >= 11 is 0. The zero-order valence-corrected chi connectivity index (χ0v) is 17.9. The van der Waals surface area contributed by atoms with Crippen LogP contribution in [0.1, 0.15) is 24.0 Å². The van der Waals surface area contributed by atoms with Gasteiger partial charge in [0.2, 0.25) is 6.79 Å². The normalized spacial score (nSPS) is 17.3. The van der Waals surface area contributed by atoms with Crippen molar-refractivity contribution in [3.05, 3.63) is 53.6 Å². The topological polar surface area (TPSA) is 73.3 Å². The summed E-state index contributed by atoms with van der Waals surface area (Å²) in [7, 11) is 1.67. The van der Waals surface area contributed by atoms with Gasteiger partial charge in [-0.25, -0.2) is 0 Å². The van der Waals surface area contributed by atoms with Crippen LogP contribution in [-0.2, 0) is 16.7 Å². The van der Waals surface area contributed by atoms with Crippen LogP contribution >= 0.6 is 0 Å². The lowest BCUT2D eigenvalue weighted by atomic mass is 9.74. The minimum Gasteiger partial charge on any atom is -0.454 e. The molecular formula is C23H27F2N3O4. The van der Waals surface area contributed by atoms with Crippen LogP contribution in [-0.4, -0.2) is 46.2 Å². The number of hydrogen-bond acceptors (Lipinski definition) is 5. The first-order chi connectivity index (χ1) is 15.6. The Hall–Kier alpha value is -3.07. The lowest BCUT2D eigenvalue weighted by Crippen LogP contribution is -2.47. The van der Waals surface area contributed by atoms with Crippen molar-refractivity contribution in [3.8, 4) is 17.2 Å². The van der Waals surface area contributed by atoms with Gasteiger partial charge in [-0.2, -0.15) is 8.78 Å². The summed E-state index contributed by atoms with van der Waals surface area (Å²) in [5.41, 5.74) is 1.61. The number of nitrogens with one attached hydrogen (secondary N) is 2. The molecule has 0 aliphatic carbocycles. The average Bonchev–Trinajstić information content (AvgIpc) is 3.28. The summed E-state index contributed by atoms with van der Waals surface area (Å²) in [6.45, 7) is -0.377. The highest BCUT2D eigenvalue weighted by Gasteiger charge is 2.36. The molecule has 2 aliphatic heterocycles. The third kappa shape index (κ3) is 5.04. The van der Waals surface area contributed by atoms with E-state index in [-0.39, 0.29) is 18.0 Å². The largest absolute Gasteiger partial charge is 0.454 e. The molecule has 0 atom stereocenters. The van der Waals surface area contributed by atoms with E-state index in [1.165, 1.54) is 6.07 Å². The Kier molecular flexibility index (Phi) is 6.94. The Bertz CT molecular complexity index is 949. The standard InChI is InChI=1S/C23H27F2N3O4/c1-26-22(27-13-16-4-2-3-5-18(16)32-21(24)25)28-14-23(8-10-29-11-9-23)17-6-7-19-20(12-17)31-15-30-19/h2-7,12,21H,8-11,13-15H2,1H3,(H2,26,27,28). The van der Waals surface area contributed by atoms with E-state index in [0.29, 0.717) is 37.8 Å². The molecule has 2 N–H and O–H groups in total. The van der Waals surface area contributed by atoms with Gasteiger partial charge in [0.05, 0.1) is 0 Å². The molecule has 0 saturated carbocycles. The van der Waals surface area contributed by atoms with Crippen molar-refractivity contribution in [2.24, 2.45) is 4.99 Å². The third-order valence-electron chi connectivity index (χ3n) is 5.89. The molecule has 0 unspecified atom stereocenters. The van der Waals surface area contributed by atoms with Crippen LogP contribution in [0.2, 0.25) is 0 Å². The molecule has 0 aromatic heterocycles. The maximum Gasteiger partial charge on any atom is 0.387 e. The van der Waals surface area contributed by atoms with Gasteiger partial charge in [0.1, 0.15) is 5.75 Å². The lowest BCUT2D eigenvalue weighted by Gasteiger charge is -2.38. The predicted molar refractivity (Wildman–Crippen MR) is 116 cm³/mol. The molecule has 2 aromatic carbocycles. The van der Waals surface area contributed by atoms with Crippen LogP contribution in [0.15, 0.2) is 47.5 Å². The fraction of sp³-hybridized carbons (Fsp3) is 0.435. The van der Waals surface area contributed by atoms with Gasteiger partial charge in [-0.3, -0.25) is 4.99 Å². The minimum atomic E-state index is -2.87. The number of benzene rings is 2. The van der Waals surface area contributed by atoms with E-state index >= 15 is 0 Å². The number of nitrogens with zero attached hydrogens (tertiary/aromatic N) is 1. The van der Waals surface area contributed by atoms with Gasteiger partial charge in [-0.15, -0.1) is 0 Å². The summed E-state index contributed by atoms with van der Waals surface area (Å²) in [5.74, 6) is 2.23. The number of halogens is 2. The molecule has 2 aromatic rings. The molecule has 0 radical (unpaired) electrons. The number of rotatable bonds is 7. The molecule has 0 bridgehead atoms. The zero-order valence-electron chi connectivity index (χ0n) is 17.9. The van der Waals surface area contributed by atoms with Crippen LogP contribution in [0.5, 0.6) is 17.2 Å². The van der Waals surface area contributed by atoms with Gasteiger partial charge < -0.3 is 29.6 Å². The molecule has 1 fully saturated rings. The van der Waals surface area contributed by atoms with E-state index in [1.54, 1.807) is 25.2 Å². The monoisotopic (exact) mass is 447 g/mol. The lowest BCUT2D eigenvalue weighted by molar-refractivity contribution is -0.0504. The first kappa shape index (κ1) is 22.1. The number of alkyl halides is 2. The van der Waals surface area contributed by atoms with E-state index in [9.17, 15) is 8.78 Å². The quantitative estimate of drug-likeness (QED) is 0.501. The fourth-order valence-corrected chi connectivity index (χ4v) is 4.07. The van der Waals surface area contributed by atoms with Gasteiger partial charge in [0.15, 0.2) is 17.5 Å². The highest BCUT2D eigenvalue weighted by Crippen LogP contribution is 2.40. The summed E-state index contributed by atoms with van der Waals surface area (Å²) in [6, 6.07) is 12.8. The first-order valence-electron chi connectivity index (χ1n) is 10.5. The zero-order chi connectivity index (χ0) is 22.4. The Morgan fingerprint density at radius 1 is 1.09 bits per heavy atom. The van der Waals surface area contributed by atoms with Crippen LogP contribution in [0.3, 0.4) is 0 Å². The van der Waals surface area contributed by atoms with Gasteiger partial charge in [0, 0.05) is 44.3 Å². The number of guanidine groups is 1. The van der Waals surface area contributed by atoms with Crippen molar-refractivity contribution in [1.82, 2.24) is 10.6 Å². The Labute approximate surface area is 185 Å². The van der Waals surface area contributed by atoms with Crippen molar-refractivity contribution in [1.29, 1.82) is 0 Å². The summed E-state index contributed by atoms with van der Waals surface area (Å²) < 4.78 is 46.6. The smallest absolute Gasteiger partial charge is 0.387 e. The number of aliphatic imine (C=N–C) groups is 1. The maximum absolute atomic E-state index is 12.7.